The molecule has 5 nitrogen and oxygen atoms in total. The van der Waals surface area contributed by atoms with E-state index in [1.54, 1.807) is 17.8 Å². The maximum atomic E-state index is 11.8. The van der Waals surface area contributed by atoms with Gasteiger partial charge in [0.05, 0.1) is 18.5 Å². The molecule has 1 heterocycles. The largest absolute Gasteiger partial charge is 0.462 e. The van der Waals surface area contributed by atoms with Gasteiger partial charge in [0, 0.05) is 13.6 Å². The molecule has 2 rings (SSSR count). The Balaban J connectivity index is 1.88. The standard InChI is InChI=1S/C16H21N3O2/c1-3-21-16(20)14-11-18-19(2)15(14)12-17-10-9-13-7-5-4-6-8-13/h4-8,11,17H,3,9-10,12H2,1-2H3. The fourth-order valence-corrected chi connectivity index (χ4v) is 2.14. The topological polar surface area (TPSA) is 56.1 Å². The Labute approximate surface area is 124 Å². The van der Waals surface area contributed by atoms with Crippen LogP contribution in [0.25, 0.3) is 0 Å². The van der Waals surface area contributed by atoms with Crippen molar-refractivity contribution in [1.29, 1.82) is 0 Å². The third kappa shape index (κ3) is 4.16. The Morgan fingerprint density at radius 1 is 1.33 bits per heavy atom. The molecule has 1 aromatic carbocycles. The quantitative estimate of drug-likeness (QED) is 0.624. The summed E-state index contributed by atoms with van der Waals surface area (Å²) in [4.78, 5) is 11.8. The SMILES string of the molecule is CCOC(=O)c1cnn(C)c1CNCCc1ccccc1. The minimum absolute atomic E-state index is 0.314. The zero-order valence-corrected chi connectivity index (χ0v) is 12.5. The summed E-state index contributed by atoms with van der Waals surface area (Å²) in [5, 5.41) is 7.48. The Morgan fingerprint density at radius 3 is 2.81 bits per heavy atom. The van der Waals surface area contributed by atoms with E-state index in [-0.39, 0.29) is 5.97 Å². The lowest BCUT2D eigenvalue weighted by atomic mass is 10.1. The van der Waals surface area contributed by atoms with Gasteiger partial charge in [0.25, 0.3) is 0 Å². The number of benzene rings is 1. The van der Waals surface area contributed by atoms with E-state index in [0.717, 1.165) is 18.7 Å². The van der Waals surface area contributed by atoms with Gasteiger partial charge in [0.1, 0.15) is 5.56 Å². The van der Waals surface area contributed by atoms with Crippen LogP contribution < -0.4 is 5.32 Å². The molecule has 0 amide bonds. The zero-order valence-electron chi connectivity index (χ0n) is 12.5. The first-order valence-corrected chi connectivity index (χ1v) is 7.15. The van der Waals surface area contributed by atoms with Crippen LogP contribution in [0.2, 0.25) is 0 Å². The summed E-state index contributed by atoms with van der Waals surface area (Å²) in [6.07, 6.45) is 2.51. The van der Waals surface area contributed by atoms with Crippen molar-refractivity contribution < 1.29 is 9.53 Å². The van der Waals surface area contributed by atoms with E-state index in [1.165, 1.54) is 5.56 Å². The van der Waals surface area contributed by atoms with Crippen molar-refractivity contribution in [3.05, 3.63) is 53.3 Å². The first kappa shape index (κ1) is 15.3. The summed E-state index contributed by atoms with van der Waals surface area (Å²) in [6, 6.07) is 10.3. The highest BCUT2D eigenvalue weighted by Gasteiger charge is 2.16. The van der Waals surface area contributed by atoms with Gasteiger partial charge in [-0.15, -0.1) is 0 Å². The highest BCUT2D eigenvalue weighted by molar-refractivity contribution is 5.90. The molecule has 0 unspecified atom stereocenters. The summed E-state index contributed by atoms with van der Waals surface area (Å²) >= 11 is 0. The summed E-state index contributed by atoms with van der Waals surface area (Å²) in [5.41, 5.74) is 2.67. The molecule has 21 heavy (non-hydrogen) atoms. The van der Waals surface area contributed by atoms with Gasteiger partial charge in [-0.1, -0.05) is 30.3 Å². The van der Waals surface area contributed by atoms with Crippen molar-refractivity contribution in [3.63, 3.8) is 0 Å². The summed E-state index contributed by atoms with van der Waals surface area (Å²) < 4.78 is 6.75. The molecule has 0 aliphatic carbocycles. The van der Waals surface area contributed by atoms with Crippen molar-refractivity contribution >= 4 is 5.97 Å². The maximum Gasteiger partial charge on any atom is 0.341 e. The molecule has 1 N–H and O–H groups in total. The van der Waals surface area contributed by atoms with Crippen LogP contribution in [0.1, 0.15) is 28.5 Å². The Hall–Kier alpha value is -2.14. The van der Waals surface area contributed by atoms with Crippen LogP contribution in [-0.4, -0.2) is 28.9 Å². The smallest absolute Gasteiger partial charge is 0.341 e. The molecule has 1 aromatic heterocycles. The second-order valence-electron chi connectivity index (χ2n) is 4.76. The third-order valence-corrected chi connectivity index (χ3v) is 3.28. The molecule has 0 saturated carbocycles. The van der Waals surface area contributed by atoms with Crippen LogP contribution in [0.15, 0.2) is 36.5 Å². The number of rotatable bonds is 7. The minimum atomic E-state index is -0.314. The van der Waals surface area contributed by atoms with E-state index in [2.05, 4.69) is 22.5 Å². The van der Waals surface area contributed by atoms with Crippen LogP contribution >= 0.6 is 0 Å². The van der Waals surface area contributed by atoms with E-state index in [0.29, 0.717) is 18.7 Å². The van der Waals surface area contributed by atoms with Crippen LogP contribution in [0.4, 0.5) is 0 Å². The molecule has 0 atom stereocenters. The fourth-order valence-electron chi connectivity index (χ4n) is 2.14. The highest BCUT2D eigenvalue weighted by atomic mass is 16.5. The lowest BCUT2D eigenvalue weighted by Crippen LogP contribution is -2.20. The molecule has 0 aliphatic heterocycles. The second kappa shape index (κ2) is 7.59. The summed E-state index contributed by atoms with van der Waals surface area (Å²) in [6.45, 7) is 3.61. The molecule has 0 spiro atoms. The van der Waals surface area contributed by atoms with Crippen molar-refractivity contribution in [1.82, 2.24) is 15.1 Å². The number of nitrogens with one attached hydrogen (secondary N) is 1. The number of hydrogen-bond donors (Lipinski definition) is 1. The average molecular weight is 287 g/mol. The predicted molar refractivity (Wildman–Crippen MR) is 81.0 cm³/mol. The van der Waals surface area contributed by atoms with E-state index >= 15 is 0 Å². The summed E-state index contributed by atoms with van der Waals surface area (Å²) in [7, 11) is 1.83. The van der Waals surface area contributed by atoms with Crippen LogP contribution in [-0.2, 0) is 24.8 Å². The molecular formula is C16H21N3O2. The minimum Gasteiger partial charge on any atom is -0.462 e. The number of aryl methyl sites for hydroxylation is 1. The van der Waals surface area contributed by atoms with Gasteiger partial charge in [-0.2, -0.15) is 5.10 Å². The molecular weight excluding hydrogens is 266 g/mol. The monoisotopic (exact) mass is 287 g/mol. The Bertz CT molecular complexity index is 578. The molecule has 0 aliphatic rings. The lowest BCUT2D eigenvalue weighted by Gasteiger charge is -2.08. The van der Waals surface area contributed by atoms with E-state index in [9.17, 15) is 4.79 Å². The fraction of sp³-hybridized carbons (Fsp3) is 0.375. The number of carbonyl (C=O) groups is 1. The van der Waals surface area contributed by atoms with Crippen molar-refractivity contribution in [2.24, 2.45) is 7.05 Å². The molecule has 0 radical (unpaired) electrons. The van der Waals surface area contributed by atoms with E-state index < -0.39 is 0 Å². The van der Waals surface area contributed by atoms with Crippen molar-refractivity contribution in [3.8, 4) is 0 Å². The van der Waals surface area contributed by atoms with Gasteiger partial charge >= 0.3 is 5.97 Å². The molecule has 0 bridgehead atoms. The lowest BCUT2D eigenvalue weighted by molar-refractivity contribution is 0.0524. The Kier molecular flexibility index (Phi) is 5.51. The first-order chi connectivity index (χ1) is 10.2. The Morgan fingerprint density at radius 2 is 2.10 bits per heavy atom. The zero-order chi connectivity index (χ0) is 15.1. The van der Waals surface area contributed by atoms with Gasteiger partial charge in [-0.25, -0.2) is 4.79 Å². The molecule has 5 heteroatoms. The van der Waals surface area contributed by atoms with Crippen LogP contribution in [0.3, 0.4) is 0 Å². The molecule has 2 aromatic rings. The average Bonchev–Trinajstić information content (AvgIpc) is 2.86. The second-order valence-corrected chi connectivity index (χ2v) is 4.76. The first-order valence-electron chi connectivity index (χ1n) is 7.15. The van der Waals surface area contributed by atoms with Gasteiger partial charge in [-0.05, 0) is 25.5 Å². The van der Waals surface area contributed by atoms with E-state index in [1.807, 2.05) is 25.2 Å². The molecule has 0 saturated heterocycles. The molecule has 0 fully saturated rings. The normalized spacial score (nSPS) is 10.6. The van der Waals surface area contributed by atoms with Crippen LogP contribution in [0, 0.1) is 0 Å². The van der Waals surface area contributed by atoms with Crippen molar-refractivity contribution in [2.45, 2.75) is 19.9 Å². The van der Waals surface area contributed by atoms with E-state index in [4.69, 9.17) is 4.74 Å². The predicted octanol–water partition coefficient (Wildman–Crippen LogP) is 1.93. The highest BCUT2D eigenvalue weighted by Crippen LogP contribution is 2.09. The number of aromatic nitrogens is 2. The third-order valence-electron chi connectivity index (χ3n) is 3.28. The number of nitrogens with zero attached hydrogens (tertiary/aromatic N) is 2. The van der Waals surface area contributed by atoms with Crippen LogP contribution in [0.5, 0.6) is 0 Å². The van der Waals surface area contributed by atoms with Crippen molar-refractivity contribution in [2.75, 3.05) is 13.2 Å². The number of carbonyl (C=O) groups excluding carboxylic acids is 1. The maximum absolute atomic E-state index is 11.8. The molecule has 112 valence electrons. The number of ether oxygens (including phenoxy) is 1. The van der Waals surface area contributed by atoms with Gasteiger partial charge in [0.2, 0.25) is 0 Å². The van der Waals surface area contributed by atoms with Gasteiger partial charge in [-0.3, -0.25) is 4.68 Å². The number of hydrogen-bond acceptors (Lipinski definition) is 4. The van der Waals surface area contributed by atoms with Gasteiger partial charge < -0.3 is 10.1 Å². The number of esters is 1. The summed E-state index contributed by atoms with van der Waals surface area (Å²) in [5.74, 6) is -0.314. The van der Waals surface area contributed by atoms with Gasteiger partial charge in [0.15, 0.2) is 0 Å².